The number of carbonyl (C=O) groups excluding carboxylic acids is 1. The Morgan fingerprint density at radius 1 is 0.672 bits per heavy atom. The Bertz CT molecular complexity index is 2430. The second-order valence-electron chi connectivity index (χ2n) is 16.6. The number of hydrogen-bond donors (Lipinski definition) is 1. The molecule has 0 unspecified atom stereocenters. The summed E-state index contributed by atoms with van der Waals surface area (Å²) in [6, 6.07) is 32.0. The normalized spacial score (nSPS) is 15.7. The van der Waals surface area contributed by atoms with Crippen molar-refractivity contribution in [3.8, 4) is 11.5 Å². The lowest BCUT2D eigenvalue weighted by Crippen LogP contribution is -2.40. The van der Waals surface area contributed by atoms with Crippen LogP contribution in [0.4, 0.5) is 20.2 Å². The minimum absolute atomic E-state index is 0.00904. The highest BCUT2D eigenvalue weighted by atomic mass is 32.2. The third kappa shape index (κ3) is 13.7. The molecule has 17 heteroatoms. The number of alkyl halides is 2. The van der Waals surface area contributed by atoms with E-state index in [4.69, 9.17) is 10.2 Å². The van der Waals surface area contributed by atoms with Crippen molar-refractivity contribution in [2.75, 3.05) is 65.9 Å². The zero-order valence-corrected chi connectivity index (χ0v) is 38.1. The van der Waals surface area contributed by atoms with Crippen LogP contribution in [0.25, 0.3) is 11.5 Å². The van der Waals surface area contributed by atoms with E-state index >= 15 is 0 Å². The summed E-state index contributed by atoms with van der Waals surface area (Å²) in [6.45, 7) is 9.61. The van der Waals surface area contributed by atoms with Crippen molar-refractivity contribution in [1.82, 2.24) is 20.0 Å². The summed E-state index contributed by atoms with van der Waals surface area (Å²) in [6.07, 6.45) is 1.59. The van der Waals surface area contributed by atoms with Crippen molar-refractivity contribution < 1.29 is 34.8 Å². The van der Waals surface area contributed by atoms with Gasteiger partial charge in [0.1, 0.15) is 0 Å². The number of aromatic nitrogens is 2. The van der Waals surface area contributed by atoms with Gasteiger partial charge in [0, 0.05) is 24.2 Å². The highest BCUT2D eigenvalue weighted by Gasteiger charge is 2.27. The molecule has 0 atom stereocenters. The largest absolute Gasteiger partial charge is 0.415 e. The number of anilines is 2. The van der Waals surface area contributed by atoms with Crippen molar-refractivity contribution >= 4 is 37.2 Å². The number of carbonyl (C=O) groups is 1. The van der Waals surface area contributed by atoms with Crippen LogP contribution in [-0.2, 0) is 33.1 Å². The summed E-state index contributed by atoms with van der Waals surface area (Å²) >= 11 is 0. The van der Waals surface area contributed by atoms with E-state index in [0.717, 1.165) is 63.0 Å². The van der Waals surface area contributed by atoms with Crippen LogP contribution in [0.1, 0.15) is 73.3 Å². The van der Waals surface area contributed by atoms with Gasteiger partial charge in [-0.25, -0.2) is 16.8 Å². The molecule has 0 bridgehead atoms. The number of halogens is 2. The fraction of sp³-hybridized carbons (Fsp3) is 0.426. The lowest BCUT2D eigenvalue weighted by molar-refractivity contribution is 0.100. The fourth-order valence-corrected chi connectivity index (χ4v) is 10.6. The lowest BCUT2D eigenvalue weighted by Gasteiger charge is -2.31. The molecule has 2 saturated heterocycles. The van der Waals surface area contributed by atoms with Crippen molar-refractivity contribution in [3.05, 3.63) is 132 Å². The van der Waals surface area contributed by atoms with Crippen molar-refractivity contribution in [1.29, 1.82) is 0 Å². The third-order valence-corrected chi connectivity index (χ3v) is 15.2. The van der Waals surface area contributed by atoms with E-state index in [2.05, 4.69) is 33.8 Å². The molecule has 7 rings (SSSR count). The van der Waals surface area contributed by atoms with E-state index < -0.39 is 32.4 Å². The molecule has 344 valence electrons. The number of nitrogens with zero attached hydrogens (tertiary/aromatic N) is 6. The Labute approximate surface area is 376 Å². The van der Waals surface area contributed by atoms with Crippen molar-refractivity contribution in [2.24, 2.45) is 17.6 Å². The van der Waals surface area contributed by atoms with Gasteiger partial charge in [-0.2, -0.15) is 8.78 Å². The number of Topliss-reactive ketones (excluding diaryl/α,β-unsaturated/α-hetero) is 1. The average molecular weight is 920 g/mol. The van der Waals surface area contributed by atoms with Gasteiger partial charge in [0.05, 0.1) is 42.5 Å². The van der Waals surface area contributed by atoms with Crippen LogP contribution < -0.4 is 14.3 Å². The SMILES string of the molecule is CC1CCN(CCS(=O)(=O)N(Cc2ccc(-c3nnc(C(F)F)o3)cc2)c2ccccc2)CC1.CC1CCN(CCS(=O)(=O)N(Cc2ccc(C(=O)CN)cc2)c2ccccc2)CC1. The summed E-state index contributed by atoms with van der Waals surface area (Å²) in [5, 5.41) is 6.99. The van der Waals surface area contributed by atoms with Crippen LogP contribution in [-0.4, -0.2) is 99.9 Å². The first-order chi connectivity index (χ1) is 30.7. The topological polar surface area (TPSA) is 163 Å². The van der Waals surface area contributed by atoms with Gasteiger partial charge in [-0.05, 0) is 111 Å². The molecule has 0 saturated carbocycles. The standard InChI is InChI=1S/C24H28F2N4O3S.C23H31N3O3S/c1-18-11-13-29(14-12-18)15-16-34(31,32)30(21-5-3-2-4-6-21)17-19-7-9-20(10-8-19)23-27-28-24(33-23)22(25)26;1-19-11-13-25(14-12-19)15-16-30(28,29)26(22-5-3-2-4-6-22)18-20-7-9-21(10-8-20)23(27)17-24/h2-10,18,22H,11-17H2,1H3;2-10,19H,11-18,24H2,1H3. The molecule has 0 spiro atoms. The monoisotopic (exact) mass is 919 g/mol. The Balaban J connectivity index is 0.000000214. The van der Waals surface area contributed by atoms with Gasteiger partial charge in [0.15, 0.2) is 5.78 Å². The van der Waals surface area contributed by atoms with E-state index in [1.165, 1.54) is 8.61 Å². The number of benzene rings is 4. The fourth-order valence-electron chi connectivity index (χ4n) is 7.61. The third-order valence-electron chi connectivity index (χ3n) is 11.8. The number of ketones is 1. The van der Waals surface area contributed by atoms with Crippen LogP contribution in [0.2, 0.25) is 0 Å². The maximum absolute atomic E-state index is 13.4. The van der Waals surface area contributed by atoms with Gasteiger partial charge >= 0.3 is 6.43 Å². The number of likely N-dealkylation sites (tertiary alicyclic amines) is 2. The summed E-state index contributed by atoms with van der Waals surface area (Å²) in [5.74, 6) is 0.643. The molecule has 3 heterocycles. The van der Waals surface area contributed by atoms with Crippen LogP contribution >= 0.6 is 0 Å². The number of rotatable bonds is 18. The molecule has 0 radical (unpaired) electrons. The van der Waals surface area contributed by atoms with Crippen LogP contribution in [0, 0.1) is 11.8 Å². The second kappa shape index (κ2) is 22.7. The molecule has 2 fully saturated rings. The quantitative estimate of drug-likeness (QED) is 0.0860. The molecule has 2 aliphatic heterocycles. The van der Waals surface area contributed by atoms with E-state index in [1.807, 2.05) is 48.5 Å². The minimum atomic E-state index is -3.59. The Kier molecular flexibility index (Phi) is 17.2. The van der Waals surface area contributed by atoms with E-state index in [9.17, 15) is 30.4 Å². The predicted octanol–water partition coefficient (Wildman–Crippen LogP) is 7.64. The molecule has 0 amide bonds. The summed E-state index contributed by atoms with van der Waals surface area (Å²) < 4.78 is 86.7. The first kappa shape index (κ1) is 48.4. The average Bonchev–Trinajstić information content (AvgIpc) is 3.82. The zero-order valence-electron chi connectivity index (χ0n) is 36.5. The maximum Gasteiger partial charge on any atom is 0.314 e. The first-order valence-electron chi connectivity index (χ1n) is 21.8. The summed E-state index contributed by atoms with van der Waals surface area (Å²) in [7, 11) is -7.10. The number of piperidine rings is 2. The van der Waals surface area contributed by atoms with Gasteiger partial charge < -0.3 is 20.0 Å². The molecular weight excluding hydrogens is 861 g/mol. The first-order valence-corrected chi connectivity index (χ1v) is 25.0. The number of para-hydroxylation sites is 2. The van der Waals surface area contributed by atoms with Gasteiger partial charge in [0.2, 0.25) is 25.9 Å². The molecule has 64 heavy (non-hydrogen) atoms. The second-order valence-corrected chi connectivity index (χ2v) is 20.7. The molecule has 1 aromatic heterocycles. The van der Waals surface area contributed by atoms with Crippen LogP contribution in [0.15, 0.2) is 114 Å². The Morgan fingerprint density at radius 2 is 1.09 bits per heavy atom. The van der Waals surface area contributed by atoms with Crippen LogP contribution in [0.3, 0.4) is 0 Å². The number of sulfonamides is 2. The summed E-state index contributed by atoms with van der Waals surface area (Å²) in [4.78, 5) is 16.2. The van der Waals surface area contributed by atoms with E-state index in [0.29, 0.717) is 47.4 Å². The van der Waals surface area contributed by atoms with Gasteiger partial charge in [-0.3, -0.25) is 13.4 Å². The van der Waals surface area contributed by atoms with Crippen molar-refractivity contribution in [2.45, 2.75) is 59.0 Å². The van der Waals surface area contributed by atoms with Gasteiger partial charge in [-0.1, -0.05) is 86.6 Å². The molecular formula is C47H59F2N7O6S2. The molecule has 0 aliphatic carbocycles. The summed E-state index contributed by atoms with van der Waals surface area (Å²) in [5.41, 5.74) is 9.25. The molecule has 5 aromatic rings. The zero-order chi connectivity index (χ0) is 45.7. The molecule has 2 aliphatic rings. The Hall–Kier alpha value is -5.07. The van der Waals surface area contributed by atoms with Gasteiger partial charge in [0.25, 0.3) is 5.89 Å². The molecule has 2 N–H and O–H groups in total. The number of hydrogen-bond acceptors (Lipinski definition) is 11. The highest BCUT2D eigenvalue weighted by Crippen LogP contribution is 2.27. The smallest absolute Gasteiger partial charge is 0.314 e. The van der Waals surface area contributed by atoms with Gasteiger partial charge in [-0.15, -0.1) is 10.2 Å². The van der Waals surface area contributed by atoms with E-state index in [-0.39, 0.29) is 42.8 Å². The maximum atomic E-state index is 13.4. The predicted molar refractivity (Wildman–Crippen MR) is 247 cm³/mol. The van der Waals surface area contributed by atoms with Crippen LogP contribution in [0.5, 0.6) is 0 Å². The Morgan fingerprint density at radius 3 is 1.48 bits per heavy atom. The lowest BCUT2D eigenvalue weighted by atomic mass is 9.99. The highest BCUT2D eigenvalue weighted by molar-refractivity contribution is 7.93. The molecule has 4 aromatic carbocycles. The van der Waals surface area contributed by atoms with E-state index in [1.54, 1.807) is 60.7 Å². The molecule has 13 nitrogen and oxygen atoms in total. The minimum Gasteiger partial charge on any atom is -0.415 e. The van der Waals surface area contributed by atoms with Crippen molar-refractivity contribution in [3.63, 3.8) is 0 Å². The number of nitrogens with two attached hydrogens (primary N) is 1.